The lowest BCUT2D eigenvalue weighted by Crippen LogP contribution is -2.80. The van der Waals surface area contributed by atoms with E-state index >= 15 is 0 Å². The van der Waals surface area contributed by atoms with Crippen molar-refractivity contribution >= 4 is 23.5 Å². The van der Waals surface area contributed by atoms with Gasteiger partial charge in [-0.25, -0.2) is 4.79 Å². The third kappa shape index (κ3) is 1.80. The summed E-state index contributed by atoms with van der Waals surface area (Å²) in [5.74, 6) is -1.14. The largest absolute Gasteiger partial charge is 0.453 e. The van der Waals surface area contributed by atoms with Gasteiger partial charge < -0.3 is 15.2 Å². The number of fused-ring (bicyclic) bond motifs is 1. The number of amides is 1. The molecule has 0 spiro atoms. The summed E-state index contributed by atoms with van der Waals surface area (Å²) >= 11 is 5.76. The summed E-state index contributed by atoms with van der Waals surface area (Å²) in [5.41, 5.74) is -2.34. The Balaban J connectivity index is 1.94. The number of hydrogen-bond donors (Lipinski definition) is 2. The second-order valence-corrected chi connectivity index (χ2v) is 6.67. The molecule has 2 unspecified atom stereocenters. The predicted molar refractivity (Wildman–Crippen MR) is 76.7 cm³/mol. The molecule has 1 aliphatic carbocycles. The van der Waals surface area contributed by atoms with Gasteiger partial charge in [-0.1, -0.05) is 12.2 Å². The van der Waals surface area contributed by atoms with Crippen LogP contribution in [0.2, 0.25) is 0 Å². The van der Waals surface area contributed by atoms with Crippen LogP contribution < -0.4 is 5.32 Å². The number of rotatable bonds is 4. The Bertz CT molecular complexity index is 508. The Morgan fingerprint density at radius 2 is 2.33 bits per heavy atom. The first-order chi connectivity index (χ1) is 9.97. The van der Waals surface area contributed by atoms with Crippen molar-refractivity contribution in [3.63, 3.8) is 0 Å². The molecule has 0 aromatic carbocycles. The molecule has 5 atom stereocenters. The van der Waals surface area contributed by atoms with Gasteiger partial charge in [-0.2, -0.15) is 0 Å². The maximum absolute atomic E-state index is 12.2. The van der Waals surface area contributed by atoms with E-state index in [9.17, 15) is 14.7 Å². The fourth-order valence-corrected chi connectivity index (χ4v) is 4.21. The molecule has 5 nitrogen and oxygen atoms in total. The first-order valence-electron chi connectivity index (χ1n) is 7.43. The van der Waals surface area contributed by atoms with E-state index in [0.29, 0.717) is 12.3 Å². The van der Waals surface area contributed by atoms with E-state index in [-0.39, 0.29) is 11.8 Å². The van der Waals surface area contributed by atoms with Crippen molar-refractivity contribution in [3.05, 3.63) is 12.2 Å². The zero-order chi connectivity index (χ0) is 15.3. The van der Waals surface area contributed by atoms with Crippen molar-refractivity contribution in [2.45, 2.75) is 49.9 Å². The molecule has 21 heavy (non-hydrogen) atoms. The molecule has 116 valence electrons. The third-order valence-corrected chi connectivity index (χ3v) is 5.47. The SMILES string of the molecule is CC12OC(=O)[C@@]1([C@@H](O)[C@@H]1C=CCCC1)NC(=O)C2CCCl. The number of hydrogen-bond acceptors (Lipinski definition) is 4. The van der Waals surface area contributed by atoms with E-state index < -0.39 is 29.1 Å². The number of halogens is 1. The van der Waals surface area contributed by atoms with Gasteiger partial charge in [-0.15, -0.1) is 11.6 Å². The summed E-state index contributed by atoms with van der Waals surface area (Å²) in [6, 6.07) is 0. The normalized spacial score (nSPS) is 42.8. The summed E-state index contributed by atoms with van der Waals surface area (Å²) in [4.78, 5) is 24.4. The van der Waals surface area contributed by atoms with Crippen LogP contribution in [0.4, 0.5) is 0 Å². The molecule has 2 heterocycles. The highest BCUT2D eigenvalue weighted by Crippen LogP contribution is 2.53. The number of alkyl halides is 1. The molecule has 0 radical (unpaired) electrons. The van der Waals surface area contributed by atoms with Gasteiger partial charge in [-0.3, -0.25) is 4.79 Å². The molecule has 2 N–H and O–H groups in total. The van der Waals surface area contributed by atoms with Gasteiger partial charge in [0.25, 0.3) is 0 Å². The van der Waals surface area contributed by atoms with Crippen LogP contribution in [0.3, 0.4) is 0 Å². The van der Waals surface area contributed by atoms with Crippen LogP contribution in [0.5, 0.6) is 0 Å². The molecular weight excluding hydrogens is 294 g/mol. The van der Waals surface area contributed by atoms with Crippen LogP contribution in [-0.4, -0.2) is 40.1 Å². The highest BCUT2D eigenvalue weighted by Gasteiger charge is 2.79. The molecule has 2 saturated heterocycles. The van der Waals surface area contributed by atoms with Crippen molar-refractivity contribution < 1.29 is 19.4 Å². The maximum Gasteiger partial charge on any atom is 0.339 e. The second-order valence-electron chi connectivity index (χ2n) is 6.29. The van der Waals surface area contributed by atoms with Gasteiger partial charge in [0.1, 0.15) is 0 Å². The Kier molecular flexibility index (Phi) is 3.53. The van der Waals surface area contributed by atoms with E-state index in [4.69, 9.17) is 16.3 Å². The average molecular weight is 314 g/mol. The minimum atomic E-state index is -1.33. The van der Waals surface area contributed by atoms with Gasteiger partial charge in [0.15, 0.2) is 5.60 Å². The van der Waals surface area contributed by atoms with Crippen molar-refractivity contribution in [3.8, 4) is 0 Å². The van der Waals surface area contributed by atoms with Crippen LogP contribution in [0, 0.1) is 11.8 Å². The van der Waals surface area contributed by atoms with Crippen LogP contribution >= 0.6 is 11.6 Å². The van der Waals surface area contributed by atoms with Crippen molar-refractivity contribution in [1.29, 1.82) is 0 Å². The van der Waals surface area contributed by atoms with E-state index in [2.05, 4.69) is 5.32 Å². The quantitative estimate of drug-likeness (QED) is 0.463. The summed E-state index contributed by atoms with van der Waals surface area (Å²) in [5, 5.41) is 13.5. The summed E-state index contributed by atoms with van der Waals surface area (Å²) < 4.78 is 5.34. The molecule has 1 amide bonds. The van der Waals surface area contributed by atoms with Crippen LogP contribution in [0.1, 0.15) is 32.6 Å². The fourth-order valence-electron chi connectivity index (χ4n) is 3.99. The number of carbonyl (C=O) groups excluding carboxylic acids is 2. The number of allylic oxidation sites excluding steroid dienone is 1. The van der Waals surface area contributed by atoms with Gasteiger partial charge in [0.2, 0.25) is 11.4 Å². The number of esters is 1. The lowest BCUT2D eigenvalue weighted by molar-refractivity contribution is -0.238. The molecule has 0 aromatic heterocycles. The Hall–Kier alpha value is -1.07. The average Bonchev–Trinajstić information content (AvgIpc) is 2.65. The highest BCUT2D eigenvalue weighted by molar-refractivity contribution is 6.18. The minimum absolute atomic E-state index is 0.138. The van der Waals surface area contributed by atoms with Crippen LogP contribution in [0.25, 0.3) is 0 Å². The van der Waals surface area contributed by atoms with Gasteiger partial charge in [0.05, 0.1) is 12.0 Å². The van der Waals surface area contributed by atoms with E-state index in [1.54, 1.807) is 6.92 Å². The second kappa shape index (κ2) is 4.99. The van der Waals surface area contributed by atoms with E-state index in [0.717, 1.165) is 19.3 Å². The molecule has 0 aromatic rings. The summed E-state index contributed by atoms with van der Waals surface area (Å²) in [6.45, 7) is 1.72. The fraction of sp³-hybridized carbons (Fsp3) is 0.733. The van der Waals surface area contributed by atoms with Gasteiger partial charge >= 0.3 is 5.97 Å². The van der Waals surface area contributed by atoms with Crippen LogP contribution in [0.15, 0.2) is 12.2 Å². The summed E-state index contributed by atoms with van der Waals surface area (Å²) in [6.07, 6.45) is 6.17. The van der Waals surface area contributed by atoms with Gasteiger partial charge in [-0.05, 0) is 32.6 Å². The van der Waals surface area contributed by atoms with Crippen molar-refractivity contribution in [1.82, 2.24) is 5.32 Å². The molecule has 6 heteroatoms. The Morgan fingerprint density at radius 1 is 1.57 bits per heavy atom. The lowest BCUT2D eigenvalue weighted by Gasteiger charge is -2.54. The molecule has 2 fully saturated rings. The summed E-state index contributed by atoms with van der Waals surface area (Å²) in [7, 11) is 0. The first-order valence-corrected chi connectivity index (χ1v) is 7.97. The molecule has 0 saturated carbocycles. The maximum atomic E-state index is 12.2. The molecular formula is C15H20ClNO4. The van der Waals surface area contributed by atoms with E-state index in [1.165, 1.54) is 0 Å². The molecule has 3 aliphatic rings. The zero-order valence-corrected chi connectivity index (χ0v) is 12.7. The molecule has 3 rings (SSSR count). The number of ether oxygens (including phenoxy) is 1. The standard InChI is InChI=1S/C15H20ClNO4/c1-14-10(7-8-16)12(19)17-15(14,13(20)21-14)11(18)9-5-3-2-4-6-9/h3,5,9-11,18H,2,4,6-8H2,1H3,(H,17,19)/t9-,10?,11+,14?,15-/m1/s1. The first kappa shape index (κ1) is 14.9. The minimum Gasteiger partial charge on any atom is -0.453 e. The Labute approximate surface area is 128 Å². The monoisotopic (exact) mass is 313 g/mol. The van der Waals surface area contributed by atoms with Crippen molar-refractivity contribution in [2.75, 3.05) is 5.88 Å². The topological polar surface area (TPSA) is 75.6 Å². The Morgan fingerprint density at radius 3 is 2.90 bits per heavy atom. The molecule has 0 bridgehead atoms. The zero-order valence-electron chi connectivity index (χ0n) is 12.0. The predicted octanol–water partition coefficient (Wildman–Crippen LogP) is 1.13. The number of aliphatic hydroxyl groups is 1. The van der Waals surface area contributed by atoms with Crippen LogP contribution in [-0.2, 0) is 14.3 Å². The number of aliphatic hydroxyl groups excluding tert-OH is 1. The molecule has 2 aliphatic heterocycles. The van der Waals surface area contributed by atoms with Crippen molar-refractivity contribution in [2.24, 2.45) is 11.8 Å². The van der Waals surface area contributed by atoms with Gasteiger partial charge in [0, 0.05) is 11.8 Å². The highest BCUT2D eigenvalue weighted by atomic mass is 35.5. The lowest BCUT2D eigenvalue weighted by atomic mass is 9.64. The van der Waals surface area contributed by atoms with E-state index in [1.807, 2.05) is 12.2 Å². The smallest absolute Gasteiger partial charge is 0.339 e. The third-order valence-electron chi connectivity index (χ3n) is 5.25. The number of nitrogens with one attached hydrogen (secondary N) is 1. The number of carbonyl (C=O) groups is 2.